The Morgan fingerprint density at radius 3 is 2.74 bits per heavy atom. The van der Waals surface area contributed by atoms with Crippen LogP contribution in [0.3, 0.4) is 0 Å². The second-order valence-corrected chi connectivity index (χ2v) is 7.97. The van der Waals surface area contributed by atoms with Crippen LogP contribution in [-0.2, 0) is 11.2 Å². The molecule has 0 saturated carbocycles. The summed E-state index contributed by atoms with van der Waals surface area (Å²) in [7, 11) is 0. The van der Waals surface area contributed by atoms with Crippen LogP contribution in [0.15, 0.2) is 28.0 Å². The topological polar surface area (TPSA) is 9.23 Å². The van der Waals surface area contributed by atoms with Crippen molar-refractivity contribution in [3.63, 3.8) is 0 Å². The summed E-state index contributed by atoms with van der Waals surface area (Å²) in [5.41, 5.74) is 1.47. The van der Waals surface area contributed by atoms with Crippen molar-refractivity contribution in [2.24, 2.45) is 5.92 Å². The minimum Gasteiger partial charge on any atom is -0.357 e. The SMILES string of the molecule is CCCCc1ccc2c(c1)SC(OCCC(C)C)S2. The number of thioether (sulfide) groups is 2. The van der Waals surface area contributed by atoms with Crippen LogP contribution in [0.5, 0.6) is 0 Å². The molecule has 1 heterocycles. The van der Waals surface area contributed by atoms with E-state index < -0.39 is 0 Å². The van der Waals surface area contributed by atoms with E-state index in [1.54, 1.807) is 0 Å². The highest BCUT2D eigenvalue weighted by atomic mass is 32.2. The van der Waals surface area contributed by atoms with Gasteiger partial charge < -0.3 is 4.74 Å². The monoisotopic (exact) mass is 296 g/mol. The summed E-state index contributed by atoms with van der Waals surface area (Å²) in [6, 6.07) is 6.90. The highest BCUT2D eigenvalue weighted by Gasteiger charge is 2.23. The van der Waals surface area contributed by atoms with Crippen molar-refractivity contribution in [3.8, 4) is 0 Å². The lowest BCUT2D eigenvalue weighted by molar-refractivity contribution is 0.151. The molecular weight excluding hydrogens is 272 g/mol. The van der Waals surface area contributed by atoms with Crippen molar-refractivity contribution < 1.29 is 4.74 Å². The molecule has 1 unspecified atom stereocenters. The Hall–Kier alpha value is -0.120. The van der Waals surface area contributed by atoms with Crippen LogP contribution in [0.25, 0.3) is 0 Å². The lowest BCUT2D eigenvalue weighted by Gasteiger charge is -2.10. The van der Waals surface area contributed by atoms with E-state index in [-0.39, 0.29) is 4.77 Å². The average molecular weight is 297 g/mol. The predicted molar refractivity (Wildman–Crippen MR) is 86.0 cm³/mol. The molecule has 0 saturated heterocycles. The first-order valence-corrected chi connectivity index (χ1v) is 9.02. The fourth-order valence-electron chi connectivity index (χ4n) is 1.98. The third kappa shape index (κ3) is 4.73. The molecule has 1 aromatic carbocycles. The summed E-state index contributed by atoms with van der Waals surface area (Å²) in [5, 5.41) is 0. The lowest BCUT2D eigenvalue weighted by atomic mass is 10.1. The molecule has 0 aromatic heterocycles. The number of unbranched alkanes of at least 4 members (excludes halogenated alkanes) is 1. The minimum atomic E-state index is 0.259. The number of benzene rings is 1. The summed E-state index contributed by atoms with van der Waals surface area (Å²) in [4.78, 5) is 2.80. The fourth-order valence-corrected chi connectivity index (χ4v) is 4.55. The van der Waals surface area contributed by atoms with Gasteiger partial charge in [0.25, 0.3) is 0 Å². The molecule has 0 amide bonds. The second-order valence-electron chi connectivity index (χ2n) is 5.46. The second kappa shape index (κ2) is 7.61. The zero-order valence-electron chi connectivity index (χ0n) is 12.1. The third-order valence-corrected chi connectivity index (χ3v) is 5.79. The molecule has 0 bridgehead atoms. The number of aryl methyl sites for hydroxylation is 1. The van der Waals surface area contributed by atoms with Gasteiger partial charge in [-0.15, -0.1) is 0 Å². The summed E-state index contributed by atoms with van der Waals surface area (Å²) >= 11 is 3.74. The van der Waals surface area contributed by atoms with E-state index in [0.29, 0.717) is 0 Å². The van der Waals surface area contributed by atoms with Crippen LogP contribution in [-0.4, -0.2) is 11.4 Å². The molecule has 1 atom stereocenters. The van der Waals surface area contributed by atoms with E-state index in [0.717, 1.165) is 18.9 Å². The van der Waals surface area contributed by atoms with Gasteiger partial charge in [-0.05, 0) is 42.9 Å². The first-order valence-electron chi connectivity index (χ1n) is 7.27. The molecule has 0 aliphatic carbocycles. The maximum Gasteiger partial charge on any atom is 0.158 e. The largest absolute Gasteiger partial charge is 0.357 e. The zero-order valence-corrected chi connectivity index (χ0v) is 13.8. The maximum atomic E-state index is 5.94. The highest BCUT2D eigenvalue weighted by molar-refractivity contribution is 8.19. The summed E-state index contributed by atoms with van der Waals surface area (Å²) in [5.74, 6) is 0.722. The third-order valence-electron chi connectivity index (χ3n) is 3.22. The van der Waals surface area contributed by atoms with Crippen molar-refractivity contribution in [2.45, 2.75) is 61.0 Å². The first-order chi connectivity index (χ1) is 9.19. The summed E-state index contributed by atoms with van der Waals surface area (Å²) < 4.78 is 6.20. The van der Waals surface area contributed by atoms with Gasteiger partial charge in [-0.1, -0.05) is 56.8 Å². The Kier molecular flexibility index (Phi) is 6.11. The molecule has 106 valence electrons. The standard InChI is InChI=1S/C16H24OS2/c1-4-5-6-13-7-8-14-15(11-13)19-16(18-14)17-10-9-12(2)3/h7-8,11-12,16H,4-6,9-10H2,1-3H3. The van der Waals surface area contributed by atoms with E-state index >= 15 is 0 Å². The van der Waals surface area contributed by atoms with Crippen molar-refractivity contribution in [1.29, 1.82) is 0 Å². The Morgan fingerprint density at radius 1 is 1.21 bits per heavy atom. The van der Waals surface area contributed by atoms with Crippen molar-refractivity contribution >= 4 is 23.5 Å². The van der Waals surface area contributed by atoms with Crippen LogP contribution in [0.1, 0.15) is 45.6 Å². The molecule has 0 radical (unpaired) electrons. The highest BCUT2D eigenvalue weighted by Crippen LogP contribution is 2.48. The minimum absolute atomic E-state index is 0.259. The van der Waals surface area contributed by atoms with Gasteiger partial charge in [0.15, 0.2) is 4.77 Å². The molecule has 1 aromatic rings. The molecule has 0 spiro atoms. The Balaban J connectivity index is 1.85. The maximum absolute atomic E-state index is 5.94. The Labute approximate surface area is 125 Å². The summed E-state index contributed by atoms with van der Waals surface area (Å²) in [6.45, 7) is 7.61. The van der Waals surface area contributed by atoms with Gasteiger partial charge in [0.2, 0.25) is 0 Å². The predicted octanol–water partition coefficient (Wildman–Crippen LogP) is 5.57. The van der Waals surface area contributed by atoms with Crippen LogP contribution in [0.2, 0.25) is 0 Å². The van der Waals surface area contributed by atoms with Gasteiger partial charge in [-0.25, -0.2) is 0 Å². The Bertz CT molecular complexity index is 404. The van der Waals surface area contributed by atoms with E-state index in [4.69, 9.17) is 4.74 Å². The normalized spacial score (nSPS) is 18.0. The van der Waals surface area contributed by atoms with Crippen molar-refractivity contribution in [1.82, 2.24) is 0 Å². The average Bonchev–Trinajstić information content (AvgIpc) is 2.77. The summed E-state index contributed by atoms with van der Waals surface area (Å²) in [6.07, 6.45) is 4.90. The molecule has 3 heteroatoms. The smallest absolute Gasteiger partial charge is 0.158 e. The van der Waals surface area contributed by atoms with Crippen molar-refractivity contribution in [3.05, 3.63) is 23.8 Å². The van der Waals surface area contributed by atoms with Crippen LogP contribution in [0, 0.1) is 5.92 Å². The van der Waals surface area contributed by atoms with Gasteiger partial charge in [0.05, 0.1) is 0 Å². The van der Waals surface area contributed by atoms with E-state index in [1.165, 1.54) is 34.6 Å². The quantitative estimate of drug-likeness (QED) is 0.650. The molecule has 2 rings (SSSR count). The number of hydrogen-bond acceptors (Lipinski definition) is 3. The van der Waals surface area contributed by atoms with Gasteiger partial charge in [0.1, 0.15) is 0 Å². The van der Waals surface area contributed by atoms with Gasteiger partial charge in [-0.2, -0.15) is 0 Å². The molecule has 0 fully saturated rings. The zero-order chi connectivity index (χ0) is 13.7. The van der Waals surface area contributed by atoms with E-state index in [2.05, 4.69) is 39.0 Å². The van der Waals surface area contributed by atoms with Gasteiger partial charge in [-0.3, -0.25) is 0 Å². The van der Waals surface area contributed by atoms with Crippen LogP contribution < -0.4 is 0 Å². The molecule has 1 aliphatic heterocycles. The van der Waals surface area contributed by atoms with E-state index in [9.17, 15) is 0 Å². The Morgan fingerprint density at radius 2 is 2.00 bits per heavy atom. The first kappa shape index (κ1) is 15.3. The van der Waals surface area contributed by atoms with Crippen LogP contribution in [0.4, 0.5) is 0 Å². The fraction of sp³-hybridized carbons (Fsp3) is 0.625. The number of rotatable bonds is 7. The number of fused-ring (bicyclic) bond motifs is 1. The lowest BCUT2D eigenvalue weighted by Crippen LogP contribution is -2.04. The van der Waals surface area contributed by atoms with E-state index in [1.807, 2.05) is 23.5 Å². The molecular formula is C16H24OS2. The molecule has 1 nitrogen and oxygen atoms in total. The van der Waals surface area contributed by atoms with Gasteiger partial charge in [0, 0.05) is 16.4 Å². The molecule has 1 aliphatic rings. The van der Waals surface area contributed by atoms with Crippen molar-refractivity contribution in [2.75, 3.05) is 6.61 Å². The number of hydrogen-bond donors (Lipinski definition) is 0. The molecule has 19 heavy (non-hydrogen) atoms. The molecule has 0 N–H and O–H groups in total. The van der Waals surface area contributed by atoms with Gasteiger partial charge >= 0.3 is 0 Å². The van der Waals surface area contributed by atoms with Crippen LogP contribution >= 0.6 is 23.5 Å². The number of ether oxygens (including phenoxy) is 1.